The number of likely N-dealkylation sites (tertiary alicyclic amines) is 1. The smallest absolute Gasteiger partial charge is 0.321 e. The second-order valence-corrected chi connectivity index (χ2v) is 8.88. The third kappa shape index (κ3) is 5.52. The molecule has 0 saturated carbocycles. The Kier molecular flexibility index (Phi) is 7.07. The van der Waals surface area contributed by atoms with Crippen LogP contribution in [-0.2, 0) is 4.79 Å². The number of benzene rings is 1. The molecule has 6 nitrogen and oxygen atoms in total. The largest absolute Gasteiger partial charge is 0.341 e. The predicted molar refractivity (Wildman–Crippen MR) is 113 cm³/mol. The summed E-state index contributed by atoms with van der Waals surface area (Å²) in [5, 5.41) is 3.71. The van der Waals surface area contributed by atoms with Crippen LogP contribution in [0.25, 0.3) is 0 Å². The second-order valence-electron chi connectivity index (χ2n) is 8.07. The number of nitrogens with one attached hydrogen (secondary N) is 1. The number of nitrogens with zero attached hydrogens (tertiary/aromatic N) is 3. The third-order valence-electron chi connectivity index (χ3n) is 5.41. The average molecular weight is 427 g/mol. The highest BCUT2D eigenvalue weighted by Gasteiger charge is 2.28. The van der Waals surface area contributed by atoms with E-state index in [2.05, 4.69) is 24.1 Å². The van der Waals surface area contributed by atoms with Crippen LogP contribution in [0, 0.1) is 11.8 Å². The van der Waals surface area contributed by atoms with Gasteiger partial charge in [0.15, 0.2) is 0 Å². The lowest BCUT2D eigenvalue weighted by atomic mass is 9.92. The Labute approximate surface area is 176 Å². The van der Waals surface area contributed by atoms with Gasteiger partial charge in [0, 0.05) is 45.0 Å². The highest BCUT2D eigenvalue weighted by Crippen LogP contribution is 2.25. The number of carbonyl (C=O) groups is 2. The summed E-state index contributed by atoms with van der Waals surface area (Å²) in [4.78, 5) is 31.0. The number of amides is 3. The van der Waals surface area contributed by atoms with Gasteiger partial charge in [0.1, 0.15) is 0 Å². The van der Waals surface area contributed by atoms with Crippen LogP contribution in [0.1, 0.15) is 20.3 Å². The molecule has 8 heteroatoms. The molecule has 3 rings (SSSR count). The molecule has 2 fully saturated rings. The number of carbonyl (C=O) groups excluding carboxylic acids is 2. The molecule has 2 atom stereocenters. The van der Waals surface area contributed by atoms with Crippen molar-refractivity contribution in [3.05, 3.63) is 28.2 Å². The minimum absolute atomic E-state index is 0.164. The maximum atomic E-state index is 12.6. The number of halogens is 2. The van der Waals surface area contributed by atoms with Gasteiger partial charge in [-0.15, -0.1) is 0 Å². The highest BCUT2D eigenvalue weighted by molar-refractivity contribution is 6.42. The van der Waals surface area contributed by atoms with E-state index in [1.54, 1.807) is 23.1 Å². The fourth-order valence-corrected chi connectivity index (χ4v) is 4.34. The molecule has 0 radical (unpaired) electrons. The first-order valence-corrected chi connectivity index (χ1v) is 10.6. The van der Waals surface area contributed by atoms with Gasteiger partial charge in [-0.05, 0) is 36.5 Å². The molecular weight excluding hydrogens is 399 g/mol. The minimum Gasteiger partial charge on any atom is -0.341 e. The summed E-state index contributed by atoms with van der Waals surface area (Å²) in [5.41, 5.74) is 0.616. The number of rotatable bonds is 3. The number of piperazine rings is 1. The van der Waals surface area contributed by atoms with Crippen LogP contribution in [0.5, 0.6) is 0 Å². The van der Waals surface area contributed by atoms with Crippen molar-refractivity contribution >= 4 is 40.8 Å². The van der Waals surface area contributed by atoms with Crippen LogP contribution >= 0.6 is 23.2 Å². The Bertz CT molecular complexity index is 712. The molecule has 0 bridgehead atoms. The molecule has 1 N–H and O–H groups in total. The van der Waals surface area contributed by atoms with Crippen molar-refractivity contribution < 1.29 is 9.59 Å². The topological polar surface area (TPSA) is 55.9 Å². The van der Waals surface area contributed by atoms with E-state index < -0.39 is 0 Å². The SMILES string of the molecule is CC1CC(C)CN(C(=O)CN2CCN(C(=O)Nc3ccc(Cl)c(Cl)c3)CC2)C1. The lowest BCUT2D eigenvalue weighted by Gasteiger charge is -2.38. The first-order valence-electron chi connectivity index (χ1n) is 9.83. The molecule has 154 valence electrons. The Morgan fingerprint density at radius 1 is 1.00 bits per heavy atom. The van der Waals surface area contributed by atoms with Gasteiger partial charge in [-0.2, -0.15) is 0 Å². The summed E-state index contributed by atoms with van der Waals surface area (Å²) in [5.74, 6) is 1.33. The summed E-state index contributed by atoms with van der Waals surface area (Å²) < 4.78 is 0. The highest BCUT2D eigenvalue weighted by atomic mass is 35.5. The van der Waals surface area contributed by atoms with E-state index in [0.29, 0.717) is 60.3 Å². The molecule has 2 aliphatic heterocycles. The van der Waals surface area contributed by atoms with Crippen molar-refractivity contribution in [3.8, 4) is 0 Å². The summed E-state index contributed by atoms with van der Waals surface area (Å²) in [6.07, 6.45) is 1.19. The summed E-state index contributed by atoms with van der Waals surface area (Å²) in [7, 11) is 0. The van der Waals surface area contributed by atoms with E-state index in [-0.39, 0.29) is 11.9 Å². The van der Waals surface area contributed by atoms with Crippen LogP contribution in [0.3, 0.4) is 0 Å². The zero-order chi connectivity index (χ0) is 20.3. The Hall–Kier alpha value is -1.50. The van der Waals surface area contributed by atoms with Crippen molar-refractivity contribution in [3.63, 3.8) is 0 Å². The zero-order valence-electron chi connectivity index (χ0n) is 16.5. The summed E-state index contributed by atoms with van der Waals surface area (Å²) in [6.45, 7) is 9.13. The molecule has 2 aliphatic rings. The average Bonchev–Trinajstić information content (AvgIpc) is 2.64. The quantitative estimate of drug-likeness (QED) is 0.802. The molecule has 2 unspecified atom stereocenters. The van der Waals surface area contributed by atoms with Gasteiger partial charge in [-0.3, -0.25) is 9.69 Å². The number of anilines is 1. The Balaban J connectivity index is 1.45. The van der Waals surface area contributed by atoms with Crippen molar-refractivity contribution in [1.29, 1.82) is 0 Å². The zero-order valence-corrected chi connectivity index (χ0v) is 18.0. The van der Waals surface area contributed by atoms with Crippen LogP contribution in [0.4, 0.5) is 10.5 Å². The van der Waals surface area contributed by atoms with Gasteiger partial charge in [0.2, 0.25) is 5.91 Å². The lowest BCUT2D eigenvalue weighted by Crippen LogP contribution is -2.53. The first kappa shape index (κ1) is 21.2. The van der Waals surface area contributed by atoms with Crippen LogP contribution < -0.4 is 5.32 Å². The second kappa shape index (κ2) is 9.33. The van der Waals surface area contributed by atoms with Gasteiger partial charge in [-0.1, -0.05) is 37.0 Å². The predicted octanol–water partition coefficient (Wildman–Crippen LogP) is 3.65. The molecule has 3 amide bonds. The fraction of sp³-hybridized carbons (Fsp3) is 0.600. The molecule has 0 aromatic heterocycles. The number of hydrogen-bond donors (Lipinski definition) is 1. The van der Waals surface area contributed by atoms with Crippen molar-refractivity contribution in [2.24, 2.45) is 11.8 Å². The van der Waals surface area contributed by atoms with Gasteiger partial charge in [0.25, 0.3) is 0 Å². The standard InChI is InChI=1S/C20H28Cl2N4O2/c1-14-9-15(2)12-26(11-14)19(27)13-24-5-7-25(8-6-24)20(28)23-16-3-4-17(21)18(22)10-16/h3-4,10,14-15H,5-9,11-13H2,1-2H3,(H,23,28). The van der Waals surface area contributed by atoms with E-state index in [1.807, 2.05) is 4.90 Å². The summed E-state index contributed by atoms with van der Waals surface area (Å²) in [6, 6.07) is 4.85. The van der Waals surface area contributed by atoms with Crippen molar-refractivity contribution in [2.75, 3.05) is 51.1 Å². The fourth-order valence-electron chi connectivity index (χ4n) is 4.04. The maximum Gasteiger partial charge on any atom is 0.321 e. The van der Waals surface area contributed by atoms with Gasteiger partial charge < -0.3 is 15.1 Å². The molecule has 1 aromatic carbocycles. The normalized spacial score (nSPS) is 23.6. The van der Waals surface area contributed by atoms with E-state index in [0.717, 1.165) is 13.1 Å². The number of urea groups is 1. The van der Waals surface area contributed by atoms with E-state index in [9.17, 15) is 9.59 Å². The molecule has 0 spiro atoms. The Morgan fingerprint density at radius 2 is 1.64 bits per heavy atom. The third-order valence-corrected chi connectivity index (χ3v) is 6.15. The van der Waals surface area contributed by atoms with Crippen LogP contribution in [-0.4, -0.2) is 72.5 Å². The van der Waals surface area contributed by atoms with Gasteiger partial charge in [0.05, 0.1) is 16.6 Å². The minimum atomic E-state index is -0.164. The molecular formula is C20H28Cl2N4O2. The monoisotopic (exact) mass is 426 g/mol. The lowest BCUT2D eigenvalue weighted by molar-refractivity contribution is -0.135. The molecule has 0 aliphatic carbocycles. The molecule has 28 heavy (non-hydrogen) atoms. The van der Waals surface area contributed by atoms with Crippen LogP contribution in [0.2, 0.25) is 10.0 Å². The maximum absolute atomic E-state index is 12.6. The van der Waals surface area contributed by atoms with Gasteiger partial charge in [-0.25, -0.2) is 4.79 Å². The van der Waals surface area contributed by atoms with Crippen LogP contribution in [0.15, 0.2) is 18.2 Å². The van der Waals surface area contributed by atoms with Crippen molar-refractivity contribution in [2.45, 2.75) is 20.3 Å². The molecule has 1 aromatic rings. The van der Waals surface area contributed by atoms with E-state index in [4.69, 9.17) is 23.2 Å². The molecule has 2 saturated heterocycles. The molecule has 2 heterocycles. The van der Waals surface area contributed by atoms with Crippen molar-refractivity contribution in [1.82, 2.24) is 14.7 Å². The van der Waals surface area contributed by atoms with E-state index >= 15 is 0 Å². The number of hydrogen-bond acceptors (Lipinski definition) is 3. The van der Waals surface area contributed by atoms with Gasteiger partial charge >= 0.3 is 6.03 Å². The van der Waals surface area contributed by atoms with E-state index in [1.165, 1.54) is 6.42 Å². The summed E-state index contributed by atoms with van der Waals surface area (Å²) >= 11 is 11.9. The first-order chi connectivity index (χ1) is 13.3. The number of piperidine rings is 1. The Morgan fingerprint density at radius 3 is 2.25 bits per heavy atom.